The molecule has 4 rings (SSSR count). The summed E-state index contributed by atoms with van der Waals surface area (Å²) in [7, 11) is 0. The average molecular weight is 400 g/mol. The lowest BCUT2D eigenvalue weighted by molar-refractivity contribution is 0.1000. The fourth-order valence-electron chi connectivity index (χ4n) is 3.53. The molecule has 3 N–H and O–H groups in total. The van der Waals surface area contributed by atoms with E-state index in [1.165, 1.54) is 0 Å². The first kappa shape index (κ1) is 19.6. The summed E-state index contributed by atoms with van der Waals surface area (Å²) in [4.78, 5) is 24.9. The maximum absolute atomic E-state index is 11.4. The van der Waals surface area contributed by atoms with E-state index in [9.17, 15) is 4.79 Å². The zero-order chi connectivity index (χ0) is 21.4. The third-order valence-electron chi connectivity index (χ3n) is 5.10. The Labute approximate surface area is 175 Å². The van der Waals surface area contributed by atoms with Gasteiger partial charge in [-0.05, 0) is 63.6 Å². The largest absolute Gasteiger partial charge is 0.366 e. The van der Waals surface area contributed by atoms with Gasteiger partial charge in [0.25, 0.3) is 0 Å². The van der Waals surface area contributed by atoms with Crippen molar-refractivity contribution in [3.05, 3.63) is 65.7 Å². The van der Waals surface area contributed by atoms with Crippen LogP contribution in [0.4, 0.5) is 11.6 Å². The topological polar surface area (TPSA) is 98.7 Å². The third-order valence-corrected chi connectivity index (χ3v) is 5.10. The molecule has 0 aliphatic carbocycles. The molecule has 30 heavy (non-hydrogen) atoms. The van der Waals surface area contributed by atoms with Crippen LogP contribution in [-0.4, -0.2) is 25.4 Å². The fourth-order valence-corrected chi connectivity index (χ4v) is 3.53. The molecule has 0 saturated heterocycles. The quantitative estimate of drug-likeness (QED) is 0.513. The van der Waals surface area contributed by atoms with Gasteiger partial charge in [0.15, 0.2) is 0 Å². The maximum atomic E-state index is 11.4. The number of carbonyl (C=O) groups excluding carboxylic acids is 1. The summed E-state index contributed by atoms with van der Waals surface area (Å²) < 4.78 is 2.21. The van der Waals surface area contributed by atoms with E-state index in [2.05, 4.69) is 46.0 Å². The smallest absolute Gasteiger partial charge is 0.248 e. The van der Waals surface area contributed by atoms with Gasteiger partial charge in [-0.1, -0.05) is 0 Å². The van der Waals surface area contributed by atoms with Crippen LogP contribution in [0.15, 0.2) is 48.9 Å². The molecule has 4 aromatic rings. The van der Waals surface area contributed by atoms with Crippen molar-refractivity contribution in [1.82, 2.24) is 19.5 Å². The number of fused-ring (bicyclic) bond motifs is 1. The first-order valence-corrected chi connectivity index (χ1v) is 9.81. The number of anilines is 2. The first-order chi connectivity index (χ1) is 14.3. The van der Waals surface area contributed by atoms with Crippen molar-refractivity contribution < 1.29 is 4.79 Å². The molecule has 0 aliphatic rings. The zero-order valence-electron chi connectivity index (χ0n) is 17.5. The van der Waals surface area contributed by atoms with Crippen molar-refractivity contribution in [2.75, 3.05) is 5.32 Å². The van der Waals surface area contributed by atoms with E-state index in [-0.39, 0.29) is 0 Å². The highest BCUT2D eigenvalue weighted by Gasteiger charge is 2.15. The van der Waals surface area contributed by atoms with Crippen LogP contribution in [0.3, 0.4) is 0 Å². The van der Waals surface area contributed by atoms with Crippen molar-refractivity contribution in [1.29, 1.82) is 0 Å². The van der Waals surface area contributed by atoms with Crippen molar-refractivity contribution in [2.24, 2.45) is 5.73 Å². The molecule has 0 fully saturated rings. The highest BCUT2D eigenvalue weighted by Crippen LogP contribution is 2.32. The minimum absolute atomic E-state index is 0.302. The highest BCUT2D eigenvalue weighted by molar-refractivity contribution is 5.95. The van der Waals surface area contributed by atoms with Gasteiger partial charge in [-0.3, -0.25) is 9.78 Å². The Morgan fingerprint density at radius 2 is 1.93 bits per heavy atom. The predicted octanol–water partition coefficient (Wildman–Crippen LogP) is 4.53. The SMILES string of the molecule is Cc1cc2c(-c3ccnc(Nc4ccc(C(N)=O)cc4C)n3)cn(C(C)C)c2cn1. The molecule has 152 valence electrons. The number of nitrogens with zero attached hydrogens (tertiary/aromatic N) is 4. The van der Waals surface area contributed by atoms with Gasteiger partial charge in [0.1, 0.15) is 0 Å². The second kappa shape index (κ2) is 7.59. The number of primary amides is 1. The van der Waals surface area contributed by atoms with Crippen LogP contribution in [0.2, 0.25) is 0 Å². The van der Waals surface area contributed by atoms with E-state index >= 15 is 0 Å². The lowest BCUT2D eigenvalue weighted by atomic mass is 10.1. The molecule has 3 aromatic heterocycles. The van der Waals surface area contributed by atoms with E-state index in [0.29, 0.717) is 17.6 Å². The standard InChI is InChI=1S/C23H24N6O/c1-13(2)29-12-18(17-10-15(4)26-11-21(17)29)20-7-8-25-23(28-20)27-19-6-5-16(22(24)30)9-14(19)3/h5-13H,1-4H3,(H2,24,30)(H,25,27,28). The molecule has 0 aliphatic heterocycles. The lowest BCUT2D eigenvalue weighted by Crippen LogP contribution is -2.11. The van der Waals surface area contributed by atoms with E-state index in [1.807, 2.05) is 32.2 Å². The number of hydrogen-bond acceptors (Lipinski definition) is 5. The number of nitrogens with one attached hydrogen (secondary N) is 1. The summed E-state index contributed by atoms with van der Waals surface area (Å²) >= 11 is 0. The van der Waals surface area contributed by atoms with Crippen molar-refractivity contribution >= 4 is 28.4 Å². The first-order valence-electron chi connectivity index (χ1n) is 9.81. The molecule has 3 heterocycles. The zero-order valence-corrected chi connectivity index (χ0v) is 17.5. The molecule has 0 atom stereocenters. The molecule has 1 amide bonds. The van der Waals surface area contributed by atoms with Gasteiger partial charge in [-0.15, -0.1) is 0 Å². The summed E-state index contributed by atoms with van der Waals surface area (Å²) in [6, 6.07) is 9.55. The Kier molecular flexibility index (Phi) is 4.95. The number of aromatic nitrogens is 4. The number of carbonyl (C=O) groups is 1. The van der Waals surface area contributed by atoms with Crippen molar-refractivity contribution in [3.63, 3.8) is 0 Å². The van der Waals surface area contributed by atoms with Gasteiger partial charge >= 0.3 is 0 Å². The van der Waals surface area contributed by atoms with E-state index in [1.54, 1.807) is 18.3 Å². The molecule has 1 aromatic carbocycles. The van der Waals surface area contributed by atoms with E-state index in [0.717, 1.165) is 39.1 Å². The van der Waals surface area contributed by atoms with Crippen LogP contribution in [0.5, 0.6) is 0 Å². The average Bonchev–Trinajstić information content (AvgIpc) is 3.08. The molecule has 7 heteroatoms. The van der Waals surface area contributed by atoms with Gasteiger partial charge in [-0.25, -0.2) is 9.97 Å². The summed E-state index contributed by atoms with van der Waals surface area (Å²) in [6.45, 7) is 8.19. The monoisotopic (exact) mass is 400 g/mol. The van der Waals surface area contributed by atoms with Crippen LogP contribution in [0.1, 0.15) is 41.5 Å². The fraction of sp³-hybridized carbons (Fsp3) is 0.217. The normalized spacial score (nSPS) is 11.2. The number of pyridine rings is 1. The Balaban J connectivity index is 1.74. The number of hydrogen-bond donors (Lipinski definition) is 2. The number of amides is 1. The van der Waals surface area contributed by atoms with Crippen LogP contribution in [0, 0.1) is 13.8 Å². The van der Waals surface area contributed by atoms with Gasteiger partial charge < -0.3 is 15.6 Å². The van der Waals surface area contributed by atoms with Gasteiger partial charge in [0.2, 0.25) is 11.9 Å². The number of rotatable bonds is 5. The molecule has 0 unspecified atom stereocenters. The van der Waals surface area contributed by atoms with Crippen LogP contribution < -0.4 is 11.1 Å². The minimum atomic E-state index is -0.450. The lowest BCUT2D eigenvalue weighted by Gasteiger charge is -2.10. The maximum Gasteiger partial charge on any atom is 0.248 e. The van der Waals surface area contributed by atoms with Gasteiger partial charge in [0.05, 0.1) is 17.4 Å². The van der Waals surface area contributed by atoms with Crippen LogP contribution in [-0.2, 0) is 0 Å². The molecule has 7 nitrogen and oxygen atoms in total. The molecule has 0 spiro atoms. The van der Waals surface area contributed by atoms with Gasteiger partial charge in [-0.2, -0.15) is 0 Å². The summed E-state index contributed by atoms with van der Waals surface area (Å²) in [5.41, 5.74) is 11.4. The number of aryl methyl sites for hydroxylation is 2. The second-order valence-corrected chi connectivity index (χ2v) is 7.67. The summed E-state index contributed by atoms with van der Waals surface area (Å²) in [6.07, 6.45) is 5.78. The molecular weight excluding hydrogens is 376 g/mol. The molecule has 0 bridgehead atoms. The molecule has 0 saturated carbocycles. The minimum Gasteiger partial charge on any atom is -0.366 e. The van der Waals surface area contributed by atoms with Crippen LogP contribution >= 0.6 is 0 Å². The Bertz CT molecular complexity index is 1260. The summed E-state index contributed by atoms with van der Waals surface area (Å²) in [5, 5.41) is 4.36. The highest BCUT2D eigenvalue weighted by atomic mass is 16.1. The third kappa shape index (κ3) is 3.61. The van der Waals surface area contributed by atoms with E-state index < -0.39 is 5.91 Å². The Morgan fingerprint density at radius 3 is 2.63 bits per heavy atom. The predicted molar refractivity (Wildman–Crippen MR) is 119 cm³/mol. The van der Waals surface area contributed by atoms with Crippen molar-refractivity contribution in [2.45, 2.75) is 33.7 Å². The number of benzene rings is 1. The Morgan fingerprint density at radius 1 is 1.13 bits per heavy atom. The summed E-state index contributed by atoms with van der Waals surface area (Å²) in [5.74, 6) is 0.0351. The van der Waals surface area contributed by atoms with E-state index in [4.69, 9.17) is 10.7 Å². The van der Waals surface area contributed by atoms with Crippen molar-refractivity contribution in [3.8, 4) is 11.3 Å². The molecular formula is C23H24N6O. The Hall–Kier alpha value is -3.74. The second-order valence-electron chi connectivity index (χ2n) is 7.67. The van der Waals surface area contributed by atoms with Crippen LogP contribution in [0.25, 0.3) is 22.2 Å². The number of nitrogens with two attached hydrogens (primary N) is 1. The molecule has 0 radical (unpaired) electrons. The van der Waals surface area contributed by atoms with Gasteiger partial charge in [0, 0.05) is 46.3 Å².